The number of hydrogen-bond acceptors (Lipinski definition) is 5. The Kier molecular flexibility index (Phi) is 7.20. The molecule has 6 rings (SSSR count). The molecule has 7 heteroatoms. The molecular formula is C33H30ClNO5. The highest BCUT2D eigenvalue weighted by atomic mass is 35.5. The van der Waals surface area contributed by atoms with Crippen LogP contribution >= 0.6 is 11.6 Å². The maximum Gasteiger partial charge on any atom is 0.305 e. The minimum Gasteiger partial charge on any atom is -0.489 e. The number of hydrogen-bond donors (Lipinski definition) is 1. The molecule has 0 saturated heterocycles. The molecule has 204 valence electrons. The number of Topliss-reactive ketones (excluding diaryl/α,β-unsaturated/α-hetero) is 2. The van der Waals surface area contributed by atoms with Crippen molar-refractivity contribution in [3.05, 3.63) is 99.4 Å². The Morgan fingerprint density at radius 2 is 1.52 bits per heavy atom. The fourth-order valence-corrected chi connectivity index (χ4v) is 6.55. The summed E-state index contributed by atoms with van der Waals surface area (Å²) in [6.07, 6.45) is 3.52. The second kappa shape index (κ2) is 10.9. The zero-order chi connectivity index (χ0) is 27.8. The summed E-state index contributed by atoms with van der Waals surface area (Å²) >= 11 is 6.08. The number of carboxylic acids is 1. The van der Waals surface area contributed by atoms with Crippen molar-refractivity contribution in [2.24, 2.45) is 0 Å². The fraction of sp³-hybridized carbons (Fsp3) is 0.303. The number of aliphatic carboxylic acids is 1. The lowest BCUT2D eigenvalue weighted by molar-refractivity contribution is -0.137. The van der Waals surface area contributed by atoms with Crippen LogP contribution in [-0.2, 0) is 21.0 Å². The van der Waals surface area contributed by atoms with Gasteiger partial charge in [-0.3, -0.25) is 14.4 Å². The highest BCUT2D eigenvalue weighted by molar-refractivity contribution is 6.30. The molecule has 1 aliphatic heterocycles. The molecule has 0 amide bonds. The molecule has 40 heavy (non-hydrogen) atoms. The third-order valence-corrected chi connectivity index (χ3v) is 8.41. The van der Waals surface area contributed by atoms with Crippen LogP contribution in [0.1, 0.15) is 62.0 Å². The highest BCUT2D eigenvalue weighted by Gasteiger charge is 2.44. The number of carbonyl (C=O) groups is 3. The Morgan fingerprint density at radius 1 is 0.875 bits per heavy atom. The monoisotopic (exact) mass is 555 g/mol. The van der Waals surface area contributed by atoms with E-state index in [1.807, 2.05) is 65.6 Å². The summed E-state index contributed by atoms with van der Waals surface area (Å²) in [4.78, 5) is 41.0. The van der Waals surface area contributed by atoms with Crippen LogP contribution in [0.25, 0.3) is 10.8 Å². The number of allylic oxidation sites excluding steroid dienone is 4. The molecule has 3 aliphatic rings. The number of ether oxygens (including phenoxy) is 1. The quantitative estimate of drug-likeness (QED) is 0.339. The molecule has 0 saturated carbocycles. The van der Waals surface area contributed by atoms with E-state index in [2.05, 4.69) is 0 Å². The smallest absolute Gasteiger partial charge is 0.305 e. The fourth-order valence-electron chi connectivity index (χ4n) is 6.42. The first-order valence-electron chi connectivity index (χ1n) is 13.8. The van der Waals surface area contributed by atoms with E-state index in [9.17, 15) is 19.5 Å². The van der Waals surface area contributed by atoms with Crippen LogP contribution in [-0.4, -0.2) is 34.1 Å². The van der Waals surface area contributed by atoms with Crippen molar-refractivity contribution in [2.75, 3.05) is 6.54 Å². The molecule has 0 fully saturated rings. The van der Waals surface area contributed by atoms with E-state index < -0.39 is 11.9 Å². The molecule has 1 N–H and O–H groups in total. The van der Waals surface area contributed by atoms with Gasteiger partial charge in [-0.2, -0.15) is 0 Å². The Labute approximate surface area is 237 Å². The van der Waals surface area contributed by atoms with Gasteiger partial charge in [0.1, 0.15) is 12.4 Å². The summed E-state index contributed by atoms with van der Waals surface area (Å²) in [7, 11) is 0. The van der Waals surface area contributed by atoms with Gasteiger partial charge in [0, 0.05) is 58.4 Å². The minimum atomic E-state index is -0.900. The number of fused-ring (bicyclic) bond motifs is 1. The molecule has 0 radical (unpaired) electrons. The molecule has 0 aromatic heterocycles. The molecule has 0 atom stereocenters. The maximum atomic E-state index is 13.7. The van der Waals surface area contributed by atoms with Crippen molar-refractivity contribution >= 4 is 39.9 Å². The van der Waals surface area contributed by atoms with Gasteiger partial charge in [-0.15, -0.1) is 0 Å². The largest absolute Gasteiger partial charge is 0.489 e. The normalized spacial score (nSPS) is 17.8. The van der Waals surface area contributed by atoms with Gasteiger partial charge >= 0.3 is 5.97 Å². The Morgan fingerprint density at radius 3 is 2.17 bits per heavy atom. The van der Waals surface area contributed by atoms with E-state index in [1.165, 1.54) is 0 Å². The third kappa shape index (κ3) is 4.81. The molecular weight excluding hydrogens is 526 g/mol. The molecule has 0 unspecified atom stereocenters. The third-order valence-electron chi connectivity index (χ3n) is 8.16. The van der Waals surface area contributed by atoms with Crippen LogP contribution < -0.4 is 4.74 Å². The standard InChI is InChI=1S/C33H30ClNO5/c34-22-14-11-20(12-15-22)19-40-28-16-13-21-5-1-2-6-23(21)30(28)33-31-24(7-3-9-26(31)36)35(18-17-29(38)39)25-8-4-10-27(37)32(25)33/h1-2,5-6,11-16,33H,3-4,7-10,17-19H2,(H,38,39). The molecule has 0 spiro atoms. The van der Waals surface area contributed by atoms with Gasteiger partial charge in [0.15, 0.2) is 11.6 Å². The van der Waals surface area contributed by atoms with E-state index in [1.54, 1.807) is 0 Å². The second-order valence-corrected chi connectivity index (χ2v) is 11.1. The summed E-state index contributed by atoms with van der Waals surface area (Å²) in [6, 6.07) is 19.4. The molecule has 3 aromatic carbocycles. The van der Waals surface area contributed by atoms with Gasteiger partial charge in [-0.1, -0.05) is 54.1 Å². The zero-order valence-corrected chi connectivity index (χ0v) is 22.9. The summed E-state index contributed by atoms with van der Waals surface area (Å²) in [5, 5.41) is 12.1. The van der Waals surface area contributed by atoms with Gasteiger partial charge in [-0.05, 0) is 60.2 Å². The SMILES string of the molecule is O=C(O)CCN1C2=C(C(=O)CCC2)C(c2c(OCc3ccc(Cl)cc3)ccc3ccccc23)C2=C1CCCC2=O. The summed E-state index contributed by atoms with van der Waals surface area (Å²) in [6.45, 7) is 0.551. The first kappa shape index (κ1) is 26.3. The molecule has 1 heterocycles. The first-order chi connectivity index (χ1) is 19.4. The number of rotatable bonds is 7. The maximum absolute atomic E-state index is 13.7. The predicted molar refractivity (Wildman–Crippen MR) is 153 cm³/mol. The average Bonchev–Trinajstić information content (AvgIpc) is 2.95. The predicted octanol–water partition coefficient (Wildman–Crippen LogP) is 6.96. The number of carbonyl (C=O) groups excluding carboxylic acids is 2. The molecule has 0 bridgehead atoms. The number of benzene rings is 3. The lowest BCUT2D eigenvalue weighted by atomic mass is 9.70. The van der Waals surface area contributed by atoms with Gasteiger partial charge < -0.3 is 14.7 Å². The van der Waals surface area contributed by atoms with Crippen molar-refractivity contribution in [1.29, 1.82) is 0 Å². The number of carboxylic acid groups (broad SMARTS) is 1. The van der Waals surface area contributed by atoms with Crippen LogP contribution in [0.4, 0.5) is 0 Å². The van der Waals surface area contributed by atoms with Crippen LogP contribution in [0.15, 0.2) is 83.2 Å². The number of ketones is 2. The second-order valence-electron chi connectivity index (χ2n) is 10.6. The van der Waals surface area contributed by atoms with Gasteiger partial charge in [-0.25, -0.2) is 0 Å². The van der Waals surface area contributed by atoms with Crippen molar-refractivity contribution < 1.29 is 24.2 Å². The van der Waals surface area contributed by atoms with E-state index in [0.29, 0.717) is 67.1 Å². The van der Waals surface area contributed by atoms with Crippen molar-refractivity contribution in [3.8, 4) is 5.75 Å². The molecule has 2 aliphatic carbocycles. The molecule has 6 nitrogen and oxygen atoms in total. The van der Waals surface area contributed by atoms with Gasteiger partial charge in [0.05, 0.1) is 6.42 Å². The Bertz CT molecular complexity index is 1540. The summed E-state index contributed by atoms with van der Waals surface area (Å²) in [5.74, 6) is -0.783. The minimum absolute atomic E-state index is 0.0214. The van der Waals surface area contributed by atoms with E-state index in [0.717, 1.165) is 33.3 Å². The zero-order valence-electron chi connectivity index (χ0n) is 22.1. The van der Waals surface area contributed by atoms with Crippen LogP contribution in [0.3, 0.4) is 0 Å². The lowest BCUT2D eigenvalue weighted by Gasteiger charge is -2.44. The number of halogens is 1. The van der Waals surface area contributed by atoms with Gasteiger partial charge in [0.2, 0.25) is 0 Å². The van der Waals surface area contributed by atoms with Gasteiger partial charge in [0.25, 0.3) is 0 Å². The van der Waals surface area contributed by atoms with E-state index in [-0.39, 0.29) is 24.5 Å². The number of nitrogens with zero attached hydrogens (tertiary/aromatic N) is 1. The van der Waals surface area contributed by atoms with Crippen molar-refractivity contribution in [2.45, 2.75) is 57.5 Å². The van der Waals surface area contributed by atoms with E-state index >= 15 is 0 Å². The Balaban J connectivity index is 1.56. The van der Waals surface area contributed by atoms with Crippen molar-refractivity contribution in [3.63, 3.8) is 0 Å². The molecule has 3 aromatic rings. The van der Waals surface area contributed by atoms with Crippen LogP contribution in [0.2, 0.25) is 5.02 Å². The first-order valence-corrected chi connectivity index (χ1v) is 14.2. The summed E-state index contributed by atoms with van der Waals surface area (Å²) in [5.41, 5.74) is 4.77. The van der Waals surface area contributed by atoms with Crippen molar-refractivity contribution in [1.82, 2.24) is 4.90 Å². The summed E-state index contributed by atoms with van der Waals surface area (Å²) < 4.78 is 6.46. The highest BCUT2D eigenvalue weighted by Crippen LogP contribution is 2.52. The average molecular weight is 556 g/mol. The van der Waals surface area contributed by atoms with Crippen LogP contribution in [0, 0.1) is 0 Å². The van der Waals surface area contributed by atoms with Crippen LogP contribution in [0.5, 0.6) is 5.75 Å². The topological polar surface area (TPSA) is 83.9 Å². The Hall–Kier alpha value is -3.90. The lowest BCUT2D eigenvalue weighted by Crippen LogP contribution is -2.40. The van der Waals surface area contributed by atoms with E-state index in [4.69, 9.17) is 16.3 Å².